The second kappa shape index (κ2) is 5.23. The summed E-state index contributed by atoms with van der Waals surface area (Å²) in [5.41, 5.74) is 7.93. The predicted octanol–water partition coefficient (Wildman–Crippen LogP) is 2.90. The summed E-state index contributed by atoms with van der Waals surface area (Å²) in [6.45, 7) is 6.71. The first kappa shape index (κ1) is 12.0. The molecule has 1 aromatic carbocycles. The molecule has 0 amide bonds. The summed E-state index contributed by atoms with van der Waals surface area (Å²) in [5, 5.41) is 1.19. The van der Waals surface area contributed by atoms with Gasteiger partial charge in [0, 0.05) is 24.7 Å². The van der Waals surface area contributed by atoms with Crippen molar-refractivity contribution in [2.45, 2.75) is 20.4 Å². The Morgan fingerprint density at radius 1 is 1.29 bits per heavy atom. The Hall–Kier alpha value is -1.48. The second-order valence-corrected chi connectivity index (χ2v) is 4.76. The van der Waals surface area contributed by atoms with Crippen molar-refractivity contribution in [2.24, 2.45) is 5.92 Å². The Balaban J connectivity index is 2.04. The van der Waals surface area contributed by atoms with Crippen molar-refractivity contribution in [2.75, 3.05) is 18.9 Å². The molecule has 0 unspecified atom stereocenters. The van der Waals surface area contributed by atoms with Gasteiger partial charge in [0.1, 0.15) is 0 Å². The minimum absolute atomic E-state index is 0.585. The first-order valence-corrected chi connectivity index (χ1v) is 6.09. The highest BCUT2D eigenvalue weighted by Gasteiger charge is 2.03. The second-order valence-electron chi connectivity index (χ2n) is 4.76. The van der Waals surface area contributed by atoms with Crippen LogP contribution in [0.2, 0.25) is 0 Å². The predicted molar refractivity (Wildman–Crippen MR) is 72.0 cm³/mol. The molecular weight excluding hydrogens is 212 g/mol. The summed E-state index contributed by atoms with van der Waals surface area (Å²) in [4.78, 5) is 0. The van der Waals surface area contributed by atoms with Crippen molar-refractivity contribution >= 4 is 16.6 Å². The van der Waals surface area contributed by atoms with Gasteiger partial charge in [-0.2, -0.15) is 0 Å². The van der Waals surface area contributed by atoms with Gasteiger partial charge in [0.25, 0.3) is 0 Å². The molecule has 2 aromatic rings. The molecule has 17 heavy (non-hydrogen) atoms. The number of para-hydroxylation sites is 1. The molecule has 0 radical (unpaired) electrons. The SMILES string of the molecule is CC(C)COCCn1ccc2cccc(N)c21. The van der Waals surface area contributed by atoms with Crippen LogP contribution in [0.15, 0.2) is 30.5 Å². The van der Waals surface area contributed by atoms with Crippen molar-refractivity contribution in [3.8, 4) is 0 Å². The summed E-state index contributed by atoms with van der Waals surface area (Å²) in [7, 11) is 0. The summed E-state index contributed by atoms with van der Waals surface area (Å²) in [6, 6.07) is 8.09. The summed E-state index contributed by atoms with van der Waals surface area (Å²) in [6.07, 6.45) is 2.07. The number of rotatable bonds is 5. The van der Waals surface area contributed by atoms with Gasteiger partial charge in [0.05, 0.1) is 17.8 Å². The lowest BCUT2D eigenvalue weighted by atomic mass is 10.2. The molecule has 0 spiro atoms. The van der Waals surface area contributed by atoms with Crippen LogP contribution < -0.4 is 5.73 Å². The number of ether oxygens (including phenoxy) is 1. The fourth-order valence-corrected chi connectivity index (χ4v) is 1.96. The van der Waals surface area contributed by atoms with Crippen LogP contribution in [-0.2, 0) is 11.3 Å². The molecule has 0 aliphatic heterocycles. The van der Waals surface area contributed by atoms with E-state index < -0.39 is 0 Å². The van der Waals surface area contributed by atoms with E-state index in [1.807, 2.05) is 12.1 Å². The summed E-state index contributed by atoms with van der Waals surface area (Å²) >= 11 is 0. The van der Waals surface area contributed by atoms with Gasteiger partial charge >= 0.3 is 0 Å². The number of benzene rings is 1. The zero-order chi connectivity index (χ0) is 12.3. The van der Waals surface area contributed by atoms with E-state index >= 15 is 0 Å². The van der Waals surface area contributed by atoms with Crippen LogP contribution in [0, 0.1) is 5.92 Å². The Kier molecular flexibility index (Phi) is 3.69. The largest absolute Gasteiger partial charge is 0.397 e. The number of anilines is 1. The maximum absolute atomic E-state index is 5.99. The molecule has 2 rings (SSSR count). The average molecular weight is 232 g/mol. The molecule has 0 atom stereocenters. The van der Waals surface area contributed by atoms with Crippen molar-refractivity contribution in [1.29, 1.82) is 0 Å². The molecule has 0 fully saturated rings. The average Bonchev–Trinajstić information content (AvgIpc) is 2.69. The minimum atomic E-state index is 0.585. The molecule has 2 N–H and O–H groups in total. The van der Waals surface area contributed by atoms with Gasteiger partial charge in [-0.05, 0) is 18.1 Å². The minimum Gasteiger partial charge on any atom is -0.397 e. The fraction of sp³-hybridized carbons (Fsp3) is 0.429. The lowest BCUT2D eigenvalue weighted by Crippen LogP contribution is -2.09. The van der Waals surface area contributed by atoms with E-state index in [1.54, 1.807) is 0 Å². The lowest BCUT2D eigenvalue weighted by molar-refractivity contribution is 0.104. The standard InChI is InChI=1S/C14H20N2O/c1-11(2)10-17-9-8-16-7-6-12-4-3-5-13(15)14(12)16/h3-7,11H,8-10,15H2,1-2H3. The zero-order valence-electron chi connectivity index (χ0n) is 10.5. The monoisotopic (exact) mass is 232 g/mol. The number of fused-ring (bicyclic) bond motifs is 1. The number of nitrogen functional groups attached to an aromatic ring is 1. The highest BCUT2D eigenvalue weighted by Crippen LogP contribution is 2.21. The molecule has 0 aliphatic rings. The van der Waals surface area contributed by atoms with Gasteiger partial charge in [-0.25, -0.2) is 0 Å². The highest BCUT2D eigenvalue weighted by atomic mass is 16.5. The van der Waals surface area contributed by atoms with Crippen LogP contribution in [0.1, 0.15) is 13.8 Å². The number of hydrogen-bond acceptors (Lipinski definition) is 2. The Morgan fingerprint density at radius 3 is 2.88 bits per heavy atom. The molecule has 0 saturated heterocycles. The normalized spacial score (nSPS) is 11.5. The fourth-order valence-electron chi connectivity index (χ4n) is 1.96. The van der Waals surface area contributed by atoms with E-state index in [0.29, 0.717) is 5.92 Å². The molecule has 0 aliphatic carbocycles. The molecular formula is C14H20N2O. The van der Waals surface area contributed by atoms with Crippen LogP contribution in [0.4, 0.5) is 5.69 Å². The van der Waals surface area contributed by atoms with Crippen molar-refractivity contribution < 1.29 is 4.74 Å². The molecule has 1 heterocycles. The smallest absolute Gasteiger partial charge is 0.0714 e. The number of nitrogens with zero attached hydrogens (tertiary/aromatic N) is 1. The van der Waals surface area contributed by atoms with E-state index in [4.69, 9.17) is 10.5 Å². The maximum Gasteiger partial charge on any atom is 0.0714 e. The molecule has 0 bridgehead atoms. The molecule has 3 heteroatoms. The third-order valence-corrected chi connectivity index (χ3v) is 2.75. The van der Waals surface area contributed by atoms with Gasteiger partial charge in [0.15, 0.2) is 0 Å². The van der Waals surface area contributed by atoms with Gasteiger partial charge in [-0.1, -0.05) is 26.0 Å². The van der Waals surface area contributed by atoms with Gasteiger partial charge in [-0.3, -0.25) is 0 Å². The maximum atomic E-state index is 5.99. The van der Waals surface area contributed by atoms with E-state index in [2.05, 4.69) is 36.7 Å². The van der Waals surface area contributed by atoms with Crippen LogP contribution in [0.3, 0.4) is 0 Å². The Bertz CT molecular complexity index is 488. The van der Waals surface area contributed by atoms with E-state index in [9.17, 15) is 0 Å². The first-order chi connectivity index (χ1) is 8.18. The summed E-state index contributed by atoms with van der Waals surface area (Å²) < 4.78 is 7.75. The third kappa shape index (κ3) is 2.80. The lowest BCUT2D eigenvalue weighted by Gasteiger charge is -2.09. The molecule has 92 valence electrons. The first-order valence-electron chi connectivity index (χ1n) is 6.09. The summed E-state index contributed by atoms with van der Waals surface area (Å²) in [5.74, 6) is 0.585. The zero-order valence-corrected chi connectivity index (χ0v) is 10.5. The number of aromatic nitrogens is 1. The number of hydrogen-bond donors (Lipinski definition) is 1. The Labute approximate surface area is 102 Å². The van der Waals surface area contributed by atoms with Crippen LogP contribution >= 0.6 is 0 Å². The van der Waals surface area contributed by atoms with Crippen molar-refractivity contribution in [3.63, 3.8) is 0 Å². The topological polar surface area (TPSA) is 40.2 Å². The van der Waals surface area contributed by atoms with E-state index in [-0.39, 0.29) is 0 Å². The molecule has 0 saturated carbocycles. The van der Waals surface area contributed by atoms with E-state index in [1.165, 1.54) is 5.39 Å². The highest BCUT2D eigenvalue weighted by molar-refractivity contribution is 5.90. The Morgan fingerprint density at radius 2 is 2.12 bits per heavy atom. The van der Waals surface area contributed by atoms with Gasteiger partial charge < -0.3 is 15.0 Å². The van der Waals surface area contributed by atoms with Crippen LogP contribution in [0.25, 0.3) is 10.9 Å². The third-order valence-electron chi connectivity index (χ3n) is 2.75. The van der Waals surface area contributed by atoms with Crippen LogP contribution in [0.5, 0.6) is 0 Å². The van der Waals surface area contributed by atoms with Crippen LogP contribution in [-0.4, -0.2) is 17.8 Å². The van der Waals surface area contributed by atoms with E-state index in [0.717, 1.165) is 31.0 Å². The quantitative estimate of drug-likeness (QED) is 0.636. The molecule has 1 aromatic heterocycles. The van der Waals surface area contributed by atoms with Crippen molar-refractivity contribution in [1.82, 2.24) is 4.57 Å². The number of nitrogens with two attached hydrogens (primary N) is 1. The van der Waals surface area contributed by atoms with Gasteiger partial charge in [-0.15, -0.1) is 0 Å². The van der Waals surface area contributed by atoms with Gasteiger partial charge in [0.2, 0.25) is 0 Å². The van der Waals surface area contributed by atoms with Crippen molar-refractivity contribution in [3.05, 3.63) is 30.5 Å². The molecule has 3 nitrogen and oxygen atoms in total.